The molecule has 0 aliphatic heterocycles. The van der Waals surface area contributed by atoms with E-state index in [4.69, 9.17) is 16.3 Å². The number of aromatic nitrogens is 2. The fourth-order valence-electron chi connectivity index (χ4n) is 3.17. The van der Waals surface area contributed by atoms with E-state index in [2.05, 4.69) is 5.32 Å². The number of anilines is 1. The van der Waals surface area contributed by atoms with E-state index in [1.165, 1.54) is 33.3 Å². The molecule has 36 heavy (non-hydrogen) atoms. The SMILES string of the molecule is CN(Cc1ccccc1)S(=O)(=O)c1ccc(Cl)c(C(=O)OCC(=O)Nc2cc(=O)n(C)c(=O)n2C)c1. The molecule has 0 aliphatic carbocycles. The van der Waals surface area contributed by atoms with Gasteiger partial charge >= 0.3 is 11.7 Å². The zero-order chi connectivity index (χ0) is 26.6. The summed E-state index contributed by atoms with van der Waals surface area (Å²) in [5.41, 5.74) is -0.763. The number of nitrogens with zero attached hydrogens (tertiary/aromatic N) is 3. The Labute approximate surface area is 211 Å². The quantitative estimate of drug-likeness (QED) is 0.431. The molecule has 0 atom stereocenters. The van der Waals surface area contributed by atoms with Crippen LogP contribution in [0.25, 0.3) is 0 Å². The number of amides is 1. The zero-order valence-corrected chi connectivity index (χ0v) is 21.2. The number of nitrogens with one attached hydrogen (secondary N) is 1. The van der Waals surface area contributed by atoms with Crippen LogP contribution < -0.4 is 16.6 Å². The van der Waals surface area contributed by atoms with Crippen LogP contribution in [0, 0.1) is 0 Å². The Morgan fingerprint density at radius 1 is 1.03 bits per heavy atom. The Kier molecular flexibility index (Phi) is 8.13. The number of carbonyl (C=O) groups is 2. The number of halogens is 1. The molecule has 1 aromatic heterocycles. The molecule has 190 valence electrons. The van der Waals surface area contributed by atoms with Gasteiger partial charge in [-0.3, -0.25) is 18.7 Å². The van der Waals surface area contributed by atoms with Gasteiger partial charge in [0.2, 0.25) is 10.0 Å². The number of sulfonamides is 1. The highest BCUT2D eigenvalue weighted by molar-refractivity contribution is 7.89. The molecule has 0 aliphatic rings. The zero-order valence-electron chi connectivity index (χ0n) is 19.6. The van der Waals surface area contributed by atoms with Crippen molar-refractivity contribution in [1.82, 2.24) is 13.4 Å². The molecule has 3 rings (SSSR count). The highest BCUT2D eigenvalue weighted by Gasteiger charge is 2.24. The fourth-order valence-corrected chi connectivity index (χ4v) is 4.55. The summed E-state index contributed by atoms with van der Waals surface area (Å²) in [5, 5.41) is 2.24. The monoisotopic (exact) mass is 534 g/mol. The number of esters is 1. The molecule has 0 unspecified atom stereocenters. The molecular weight excluding hydrogens is 512 g/mol. The molecule has 0 fully saturated rings. The summed E-state index contributed by atoms with van der Waals surface area (Å²) < 4.78 is 34.0. The van der Waals surface area contributed by atoms with Gasteiger partial charge < -0.3 is 10.1 Å². The Bertz CT molecular complexity index is 1530. The standard InChI is InChI=1S/C23H23ClN4O7S/c1-26(13-15-7-5-4-6-8-15)36(33,34)16-9-10-18(24)17(11-16)22(31)35-14-20(29)25-19-12-21(30)28(3)23(32)27(19)2/h4-12H,13-14H2,1-3H3,(H,25,29). The number of benzene rings is 2. The van der Waals surface area contributed by atoms with Crippen molar-refractivity contribution in [3.63, 3.8) is 0 Å². The summed E-state index contributed by atoms with van der Waals surface area (Å²) >= 11 is 6.08. The van der Waals surface area contributed by atoms with Crippen LogP contribution in [-0.4, -0.2) is 47.4 Å². The molecule has 1 N–H and O–H groups in total. The van der Waals surface area contributed by atoms with Crippen LogP contribution in [-0.2, 0) is 40.2 Å². The first-order valence-electron chi connectivity index (χ1n) is 10.5. The van der Waals surface area contributed by atoms with Crippen molar-refractivity contribution >= 4 is 39.3 Å². The lowest BCUT2D eigenvalue weighted by atomic mass is 10.2. The number of rotatable bonds is 8. The molecule has 1 heterocycles. The summed E-state index contributed by atoms with van der Waals surface area (Å²) in [6, 6.07) is 13.6. The second-order valence-corrected chi connectivity index (χ2v) is 10.2. The highest BCUT2D eigenvalue weighted by Crippen LogP contribution is 2.24. The van der Waals surface area contributed by atoms with Gasteiger partial charge in [0, 0.05) is 33.8 Å². The second kappa shape index (κ2) is 10.9. The van der Waals surface area contributed by atoms with Crippen molar-refractivity contribution in [3.8, 4) is 0 Å². The summed E-state index contributed by atoms with van der Waals surface area (Å²) in [4.78, 5) is 48.4. The smallest absolute Gasteiger partial charge is 0.340 e. The Balaban J connectivity index is 1.72. The van der Waals surface area contributed by atoms with Gasteiger partial charge in [0.25, 0.3) is 11.5 Å². The van der Waals surface area contributed by atoms with Gasteiger partial charge in [0.1, 0.15) is 5.82 Å². The van der Waals surface area contributed by atoms with Crippen molar-refractivity contribution in [2.75, 3.05) is 19.0 Å². The summed E-state index contributed by atoms with van der Waals surface area (Å²) in [6.45, 7) is -0.666. The maximum Gasteiger partial charge on any atom is 0.340 e. The van der Waals surface area contributed by atoms with E-state index < -0.39 is 39.8 Å². The van der Waals surface area contributed by atoms with Crippen molar-refractivity contribution in [2.45, 2.75) is 11.4 Å². The van der Waals surface area contributed by atoms with E-state index in [0.717, 1.165) is 31.1 Å². The molecule has 2 aromatic carbocycles. The maximum atomic E-state index is 13.0. The van der Waals surface area contributed by atoms with E-state index >= 15 is 0 Å². The van der Waals surface area contributed by atoms with Crippen LogP contribution in [0.1, 0.15) is 15.9 Å². The van der Waals surface area contributed by atoms with Crippen LogP contribution in [0.2, 0.25) is 5.02 Å². The van der Waals surface area contributed by atoms with Gasteiger partial charge in [-0.2, -0.15) is 4.31 Å². The van der Waals surface area contributed by atoms with Crippen molar-refractivity contribution in [2.24, 2.45) is 14.1 Å². The van der Waals surface area contributed by atoms with Crippen LogP contribution >= 0.6 is 11.6 Å². The van der Waals surface area contributed by atoms with Gasteiger partial charge in [-0.1, -0.05) is 41.9 Å². The minimum atomic E-state index is -3.97. The van der Waals surface area contributed by atoms with Crippen LogP contribution in [0.5, 0.6) is 0 Å². The molecule has 13 heteroatoms. The van der Waals surface area contributed by atoms with E-state index in [-0.39, 0.29) is 27.8 Å². The normalized spacial score (nSPS) is 11.4. The molecule has 11 nitrogen and oxygen atoms in total. The maximum absolute atomic E-state index is 13.0. The van der Waals surface area contributed by atoms with Gasteiger partial charge in [0.05, 0.1) is 15.5 Å². The van der Waals surface area contributed by atoms with Gasteiger partial charge in [-0.05, 0) is 23.8 Å². The van der Waals surface area contributed by atoms with Crippen LogP contribution in [0.3, 0.4) is 0 Å². The largest absolute Gasteiger partial charge is 0.452 e. The Hall–Kier alpha value is -3.74. The third-order valence-corrected chi connectivity index (χ3v) is 7.37. The number of ether oxygens (including phenoxy) is 1. The summed E-state index contributed by atoms with van der Waals surface area (Å²) in [7, 11) is 0.0699. The molecule has 0 spiro atoms. The second-order valence-electron chi connectivity index (χ2n) is 7.78. The summed E-state index contributed by atoms with van der Waals surface area (Å²) in [5.74, 6) is -1.94. The number of hydrogen-bond acceptors (Lipinski definition) is 7. The predicted molar refractivity (Wildman–Crippen MR) is 132 cm³/mol. The minimum Gasteiger partial charge on any atom is -0.452 e. The Morgan fingerprint density at radius 3 is 2.36 bits per heavy atom. The third-order valence-electron chi connectivity index (χ3n) is 5.24. The number of hydrogen-bond donors (Lipinski definition) is 1. The molecule has 0 saturated carbocycles. The number of carbonyl (C=O) groups excluding carboxylic acids is 2. The van der Waals surface area contributed by atoms with Crippen molar-refractivity contribution < 1.29 is 22.7 Å². The van der Waals surface area contributed by atoms with Gasteiger partial charge in [-0.15, -0.1) is 0 Å². The first-order valence-corrected chi connectivity index (χ1v) is 12.3. The van der Waals surface area contributed by atoms with E-state index in [0.29, 0.717) is 0 Å². The minimum absolute atomic E-state index is 0.0703. The lowest BCUT2D eigenvalue weighted by Crippen LogP contribution is -2.38. The van der Waals surface area contributed by atoms with Gasteiger partial charge in [0.15, 0.2) is 6.61 Å². The average Bonchev–Trinajstić information content (AvgIpc) is 2.85. The van der Waals surface area contributed by atoms with Crippen molar-refractivity contribution in [1.29, 1.82) is 0 Å². The molecule has 3 aromatic rings. The van der Waals surface area contributed by atoms with E-state index in [1.807, 2.05) is 6.07 Å². The highest BCUT2D eigenvalue weighted by atomic mass is 35.5. The predicted octanol–water partition coefficient (Wildman–Crippen LogP) is 1.35. The first-order chi connectivity index (χ1) is 16.9. The summed E-state index contributed by atoms with van der Waals surface area (Å²) in [6.07, 6.45) is 0. The molecule has 1 amide bonds. The third kappa shape index (κ3) is 5.90. The molecule has 0 bridgehead atoms. The average molecular weight is 535 g/mol. The fraction of sp³-hybridized carbons (Fsp3) is 0.217. The van der Waals surface area contributed by atoms with Crippen LogP contribution in [0.4, 0.5) is 5.82 Å². The lowest BCUT2D eigenvalue weighted by Gasteiger charge is -2.18. The first kappa shape index (κ1) is 26.9. The van der Waals surface area contributed by atoms with Gasteiger partial charge in [-0.25, -0.2) is 18.0 Å². The van der Waals surface area contributed by atoms with E-state index in [9.17, 15) is 27.6 Å². The molecular formula is C23H23ClN4O7S. The molecule has 0 radical (unpaired) electrons. The lowest BCUT2D eigenvalue weighted by molar-refractivity contribution is -0.119. The Morgan fingerprint density at radius 2 is 1.69 bits per heavy atom. The topological polar surface area (TPSA) is 137 Å². The van der Waals surface area contributed by atoms with Crippen molar-refractivity contribution in [3.05, 3.63) is 91.6 Å². The molecule has 0 saturated heterocycles. The van der Waals surface area contributed by atoms with E-state index in [1.54, 1.807) is 24.3 Å². The van der Waals surface area contributed by atoms with Crippen LogP contribution in [0.15, 0.2) is 69.1 Å².